The molecule has 5 heteroatoms. The van der Waals surface area contributed by atoms with E-state index in [1.165, 1.54) is 0 Å². The Balaban J connectivity index is 1.69. The second-order valence-electron chi connectivity index (χ2n) is 4.91. The number of methoxy groups -OCH3 is 1. The lowest BCUT2D eigenvalue weighted by Crippen LogP contribution is -2.48. The third-order valence-corrected chi connectivity index (χ3v) is 3.62. The molecule has 0 saturated carbocycles. The summed E-state index contributed by atoms with van der Waals surface area (Å²) in [5.74, 6) is 1.58. The quantitative estimate of drug-likeness (QED) is 0.796. The van der Waals surface area contributed by atoms with Crippen LogP contribution in [-0.2, 0) is 0 Å². The first-order valence-corrected chi connectivity index (χ1v) is 7.15. The standard InChI is InChI=1S/C15H24N2O3/c1-19-14-4-2-3-5-15(14)20-13-11-17-8-6-16(7-9-17)10-12-18/h2-5,18H,6-13H2,1H3. The molecule has 0 atom stereocenters. The summed E-state index contributed by atoms with van der Waals surface area (Å²) in [5, 5.41) is 8.91. The van der Waals surface area contributed by atoms with Gasteiger partial charge < -0.3 is 14.6 Å². The zero-order chi connectivity index (χ0) is 14.2. The number of aliphatic hydroxyl groups is 1. The summed E-state index contributed by atoms with van der Waals surface area (Å²) in [5.41, 5.74) is 0. The Morgan fingerprint density at radius 3 is 2.20 bits per heavy atom. The van der Waals surface area contributed by atoms with Crippen LogP contribution in [0.15, 0.2) is 24.3 Å². The smallest absolute Gasteiger partial charge is 0.161 e. The maximum absolute atomic E-state index is 8.91. The minimum atomic E-state index is 0.247. The number of hydrogen-bond acceptors (Lipinski definition) is 5. The van der Waals surface area contributed by atoms with Crippen LogP contribution in [0.4, 0.5) is 0 Å². The number of aliphatic hydroxyl groups excluding tert-OH is 1. The van der Waals surface area contributed by atoms with Gasteiger partial charge in [-0.05, 0) is 12.1 Å². The van der Waals surface area contributed by atoms with Crippen LogP contribution in [0.3, 0.4) is 0 Å². The highest BCUT2D eigenvalue weighted by atomic mass is 16.5. The fourth-order valence-corrected chi connectivity index (χ4v) is 2.40. The molecular weight excluding hydrogens is 256 g/mol. The van der Waals surface area contributed by atoms with Gasteiger partial charge in [-0.2, -0.15) is 0 Å². The lowest BCUT2D eigenvalue weighted by Gasteiger charge is -2.34. The van der Waals surface area contributed by atoms with Crippen LogP contribution in [-0.4, -0.2) is 74.5 Å². The molecule has 0 aromatic heterocycles. The summed E-state index contributed by atoms with van der Waals surface area (Å²) in [6.45, 7) is 6.74. The van der Waals surface area contributed by atoms with Crippen molar-refractivity contribution in [3.8, 4) is 11.5 Å². The van der Waals surface area contributed by atoms with Crippen LogP contribution in [0.5, 0.6) is 11.5 Å². The summed E-state index contributed by atoms with van der Waals surface area (Å²) in [6.07, 6.45) is 0. The molecule has 2 rings (SSSR count). The Morgan fingerprint density at radius 2 is 1.60 bits per heavy atom. The number of β-amino-alcohol motifs (C(OH)–C–C–N with tert-alkyl or cyclic N) is 1. The number of benzene rings is 1. The van der Waals surface area contributed by atoms with E-state index < -0.39 is 0 Å². The highest BCUT2D eigenvalue weighted by molar-refractivity contribution is 5.39. The van der Waals surface area contributed by atoms with E-state index in [0.717, 1.165) is 50.8 Å². The first kappa shape index (κ1) is 15.1. The third-order valence-electron chi connectivity index (χ3n) is 3.62. The molecule has 5 nitrogen and oxygen atoms in total. The average Bonchev–Trinajstić information content (AvgIpc) is 2.50. The molecule has 1 aromatic carbocycles. The Kier molecular flexibility index (Phi) is 6.11. The third kappa shape index (κ3) is 4.37. The van der Waals surface area contributed by atoms with Crippen molar-refractivity contribution < 1.29 is 14.6 Å². The lowest BCUT2D eigenvalue weighted by molar-refractivity contribution is 0.101. The Labute approximate surface area is 120 Å². The second-order valence-corrected chi connectivity index (χ2v) is 4.91. The summed E-state index contributed by atoms with van der Waals surface area (Å²) in [7, 11) is 1.66. The highest BCUT2D eigenvalue weighted by Gasteiger charge is 2.16. The van der Waals surface area contributed by atoms with E-state index >= 15 is 0 Å². The van der Waals surface area contributed by atoms with Crippen molar-refractivity contribution in [2.24, 2.45) is 0 Å². The van der Waals surface area contributed by atoms with Gasteiger partial charge in [0.2, 0.25) is 0 Å². The van der Waals surface area contributed by atoms with Crippen LogP contribution >= 0.6 is 0 Å². The molecule has 1 saturated heterocycles. The van der Waals surface area contributed by atoms with Gasteiger partial charge in [0.05, 0.1) is 13.7 Å². The van der Waals surface area contributed by atoms with Gasteiger partial charge >= 0.3 is 0 Å². The molecule has 1 heterocycles. The molecule has 1 aliphatic rings. The van der Waals surface area contributed by atoms with Crippen molar-refractivity contribution >= 4 is 0 Å². The van der Waals surface area contributed by atoms with Crippen LogP contribution in [0, 0.1) is 0 Å². The molecular formula is C15H24N2O3. The monoisotopic (exact) mass is 280 g/mol. The van der Waals surface area contributed by atoms with E-state index in [1.54, 1.807) is 7.11 Å². The van der Waals surface area contributed by atoms with Gasteiger partial charge in [0, 0.05) is 39.3 Å². The minimum absolute atomic E-state index is 0.247. The molecule has 0 radical (unpaired) electrons. The highest BCUT2D eigenvalue weighted by Crippen LogP contribution is 2.25. The Bertz CT molecular complexity index is 392. The molecule has 0 unspecified atom stereocenters. The largest absolute Gasteiger partial charge is 0.493 e. The normalized spacial score (nSPS) is 17.1. The predicted octanol–water partition coefficient (Wildman–Crippen LogP) is 0.684. The zero-order valence-corrected chi connectivity index (χ0v) is 12.1. The van der Waals surface area contributed by atoms with E-state index in [2.05, 4.69) is 9.80 Å². The number of para-hydroxylation sites is 2. The minimum Gasteiger partial charge on any atom is -0.493 e. The Hall–Kier alpha value is -1.30. The van der Waals surface area contributed by atoms with Crippen LogP contribution < -0.4 is 9.47 Å². The van der Waals surface area contributed by atoms with Gasteiger partial charge in [-0.1, -0.05) is 12.1 Å². The van der Waals surface area contributed by atoms with Gasteiger partial charge in [-0.15, -0.1) is 0 Å². The number of rotatable bonds is 7. The molecule has 1 fully saturated rings. The molecule has 1 N–H and O–H groups in total. The van der Waals surface area contributed by atoms with Crippen molar-refractivity contribution in [1.29, 1.82) is 0 Å². The first-order chi connectivity index (χ1) is 9.83. The molecule has 1 aromatic rings. The average molecular weight is 280 g/mol. The second kappa shape index (κ2) is 8.09. The maximum Gasteiger partial charge on any atom is 0.161 e. The summed E-state index contributed by atoms with van der Waals surface area (Å²) < 4.78 is 11.0. The summed E-state index contributed by atoms with van der Waals surface area (Å²) in [6, 6.07) is 7.72. The Morgan fingerprint density at radius 1 is 1.00 bits per heavy atom. The topological polar surface area (TPSA) is 45.2 Å². The van der Waals surface area contributed by atoms with Crippen LogP contribution in [0.25, 0.3) is 0 Å². The number of hydrogen-bond donors (Lipinski definition) is 1. The number of piperazine rings is 1. The molecule has 0 amide bonds. The van der Waals surface area contributed by atoms with Crippen molar-refractivity contribution in [3.63, 3.8) is 0 Å². The molecule has 112 valence electrons. The van der Waals surface area contributed by atoms with E-state index in [0.29, 0.717) is 6.61 Å². The maximum atomic E-state index is 8.91. The molecule has 0 bridgehead atoms. The van der Waals surface area contributed by atoms with Gasteiger partial charge in [0.15, 0.2) is 11.5 Å². The van der Waals surface area contributed by atoms with E-state index in [-0.39, 0.29) is 6.61 Å². The fraction of sp³-hybridized carbons (Fsp3) is 0.600. The number of ether oxygens (including phenoxy) is 2. The van der Waals surface area contributed by atoms with Gasteiger partial charge in [-0.25, -0.2) is 0 Å². The lowest BCUT2D eigenvalue weighted by atomic mass is 10.3. The van der Waals surface area contributed by atoms with Crippen LogP contribution in [0.1, 0.15) is 0 Å². The van der Waals surface area contributed by atoms with Crippen molar-refractivity contribution in [3.05, 3.63) is 24.3 Å². The van der Waals surface area contributed by atoms with E-state index in [4.69, 9.17) is 14.6 Å². The molecule has 20 heavy (non-hydrogen) atoms. The number of nitrogens with zero attached hydrogens (tertiary/aromatic N) is 2. The summed E-state index contributed by atoms with van der Waals surface area (Å²) >= 11 is 0. The van der Waals surface area contributed by atoms with Gasteiger partial charge in [0.25, 0.3) is 0 Å². The SMILES string of the molecule is COc1ccccc1OCCN1CCN(CCO)CC1. The van der Waals surface area contributed by atoms with E-state index in [9.17, 15) is 0 Å². The molecule has 0 spiro atoms. The van der Waals surface area contributed by atoms with Crippen molar-refractivity contribution in [2.75, 3.05) is 59.6 Å². The van der Waals surface area contributed by atoms with Gasteiger partial charge in [-0.3, -0.25) is 9.80 Å². The summed E-state index contributed by atoms with van der Waals surface area (Å²) in [4.78, 5) is 4.68. The van der Waals surface area contributed by atoms with Gasteiger partial charge in [0.1, 0.15) is 6.61 Å². The predicted molar refractivity (Wildman–Crippen MR) is 78.5 cm³/mol. The first-order valence-electron chi connectivity index (χ1n) is 7.15. The van der Waals surface area contributed by atoms with Crippen molar-refractivity contribution in [1.82, 2.24) is 9.80 Å². The molecule has 1 aliphatic heterocycles. The fourth-order valence-electron chi connectivity index (χ4n) is 2.40. The molecule has 0 aliphatic carbocycles. The zero-order valence-electron chi connectivity index (χ0n) is 12.1. The van der Waals surface area contributed by atoms with E-state index in [1.807, 2.05) is 24.3 Å². The van der Waals surface area contributed by atoms with Crippen molar-refractivity contribution in [2.45, 2.75) is 0 Å². The van der Waals surface area contributed by atoms with Crippen LogP contribution in [0.2, 0.25) is 0 Å².